The van der Waals surface area contributed by atoms with Crippen LogP contribution in [0.25, 0.3) is 0 Å². The summed E-state index contributed by atoms with van der Waals surface area (Å²) in [7, 11) is -0.523. The number of fused-ring (bicyclic) bond motifs is 3. The number of halogens is 1. The number of aliphatic imine (C=N–C) groups is 2. The van der Waals surface area contributed by atoms with Crippen LogP contribution in [-0.4, -0.2) is 42.9 Å². The van der Waals surface area contributed by atoms with E-state index in [2.05, 4.69) is 19.6 Å². The smallest absolute Gasteiger partial charge is 0.274 e. The monoisotopic (exact) mass is 541 g/mol. The highest BCUT2D eigenvalue weighted by atomic mass is 127. The van der Waals surface area contributed by atoms with Crippen LogP contribution >= 0.6 is 20.7 Å². The van der Waals surface area contributed by atoms with Crippen LogP contribution < -0.4 is 24.2 Å². The zero-order valence-corrected chi connectivity index (χ0v) is 19.3. The zero-order valence-electron chi connectivity index (χ0n) is 16.3. The van der Waals surface area contributed by atoms with Crippen molar-refractivity contribution in [3.05, 3.63) is 47.5 Å². The van der Waals surface area contributed by atoms with E-state index in [0.29, 0.717) is 11.5 Å². The highest BCUT2D eigenvalue weighted by molar-refractivity contribution is 14.2. The number of alkyl halides is 1. The van der Waals surface area contributed by atoms with Crippen LogP contribution in [0, 0.1) is 0 Å². The average molecular weight is 541 g/mol. The van der Waals surface area contributed by atoms with Crippen molar-refractivity contribution in [2.24, 2.45) is 15.1 Å². The first-order valence-electron chi connectivity index (χ1n) is 8.87. The lowest BCUT2D eigenvalue weighted by Crippen LogP contribution is -2.40. The largest absolute Gasteiger partial charge is 0.493 e. The van der Waals surface area contributed by atoms with E-state index in [1.54, 1.807) is 20.4 Å². The van der Waals surface area contributed by atoms with E-state index in [-0.39, 0.29) is 27.3 Å². The fourth-order valence-corrected chi connectivity index (χ4v) is 5.98. The lowest BCUT2D eigenvalue weighted by atomic mass is 10.1. The molecular weight excluding hydrogens is 521 g/mol. The Morgan fingerprint density at radius 3 is 2.53 bits per heavy atom. The number of ether oxygens (including phenoxy) is 2. The van der Waals surface area contributed by atoms with Gasteiger partial charge in [0.1, 0.15) is 0 Å². The molecule has 4 rings (SSSR count). The van der Waals surface area contributed by atoms with Gasteiger partial charge < -0.3 is 9.47 Å². The van der Waals surface area contributed by atoms with Crippen LogP contribution in [0.1, 0.15) is 11.1 Å². The molecule has 2 aliphatic heterocycles. The van der Waals surface area contributed by atoms with Gasteiger partial charge in [0.15, 0.2) is 17.3 Å². The predicted molar refractivity (Wildman–Crippen MR) is 127 cm³/mol. The standard InChI is InChI=1S/C19H20IN5O4S/c1-28-16-7-14-15(8-17(16)29-2)25-18(10-22-14)23-11-20-19(25)13-5-3-12(4-6-13)9-24-30(21,26)27/h3-8,10,24H,9,11H2,1-2H3,(H2,21,26,27). The molecule has 0 atom stereocenters. The van der Waals surface area contributed by atoms with Gasteiger partial charge in [-0.3, -0.25) is 14.9 Å². The van der Waals surface area contributed by atoms with Crippen molar-refractivity contribution >= 4 is 58.0 Å². The van der Waals surface area contributed by atoms with Gasteiger partial charge in [-0.1, -0.05) is 45.0 Å². The molecule has 0 aliphatic carbocycles. The number of nitrogens with one attached hydrogen (secondary N) is 1. The molecule has 2 aliphatic rings. The summed E-state index contributed by atoms with van der Waals surface area (Å²) in [6.45, 7) is 0.145. The van der Waals surface area contributed by atoms with Gasteiger partial charge in [-0.25, -0.2) is 5.14 Å². The number of anilines is 1. The van der Waals surface area contributed by atoms with Crippen LogP contribution in [0.3, 0.4) is 0 Å². The molecule has 30 heavy (non-hydrogen) atoms. The number of hydrogen-bond acceptors (Lipinski definition) is 7. The predicted octanol–water partition coefficient (Wildman–Crippen LogP) is 2.04. The summed E-state index contributed by atoms with van der Waals surface area (Å²) < 4.78 is 37.3. The van der Waals surface area contributed by atoms with E-state index in [1.165, 1.54) is 3.63 Å². The Bertz CT molecular complexity index is 1180. The van der Waals surface area contributed by atoms with E-state index in [9.17, 15) is 8.42 Å². The molecule has 11 heteroatoms. The van der Waals surface area contributed by atoms with E-state index in [1.807, 2.05) is 36.4 Å². The third-order valence-corrected chi connectivity index (χ3v) is 7.60. The number of nitrogens with zero attached hydrogens (tertiary/aromatic N) is 3. The second-order valence-corrected chi connectivity index (χ2v) is 10.3. The Morgan fingerprint density at radius 2 is 1.87 bits per heavy atom. The molecule has 0 bridgehead atoms. The van der Waals surface area contributed by atoms with Crippen molar-refractivity contribution < 1.29 is 17.9 Å². The Balaban J connectivity index is 1.69. The molecule has 0 fully saturated rings. The van der Waals surface area contributed by atoms with Crippen molar-refractivity contribution in [1.29, 1.82) is 0 Å². The van der Waals surface area contributed by atoms with Crippen LogP contribution in [0.4, 0.5) is 11.4 Å². The first kappa shape index (κ1) is 20.9. The summed E-state index contributed by atoms with van der Waals surface area (Å²) in [5, 5.41) is 5.00. The van der Waals surface area contributed by atoms with E-state index < -0.39 is 10.2 Å². The molecule has 158 valence electrons. The van der Waals surface area contributed by atoms with Gasteiger partial charge in [-0.15, -0.1) is 0 Å². The van der Waals surface area contributed by atoms with Crippen molar-refractivity contribution in [2.75, 3.05) is 23.7 Å². The van der Waals surface area contributed by atoms with Crippen LogP contribution in [0.15, 0.2) is 46.4 Å². The summed E-state index contributed by atoms with van der Waals surface area (Å²) >= 11 is -0.375. The summed E-state index contributed by atoms with van der Waals surface area (Å²) in [6.07, 6.45) is 1.77. The van der Waals surface area contributed by atoms with Crippen LogP contribution in [-0.2, 0) is 16.8 Å². The summed E-state index contributed by atoms with van der Waals surface area (Å²) in [4.78, 5) is 11.3. The van der Waals surface area contributed by atoms with Crippen molar-refractivity contribution in [1.82, 2.24) is 4.72 Å². The first-order chi connectivity index (χ1) is 14.4. The summed E-state index contributed by atoms with van der Waals surface area (Å²) in [5.74, 6) is 2.03. The van der Waals surface area contributed by atoms with Crippen molar-refractivity contribution in [3.8, 4) is 11.5 Å². The molecule has 0 saturated heterocycles. The highest BCUT2D eigenvalue weighted by Crippen LogP contribution is 2.43. The number of hydrogen-bond donors (Lipinski definition) is 2. The highest BCUT2D eigenvalue weighted by Gasteiger charge is 2.28. The van der Waals surface area contributed by atoms with Gasteiger partial charge in [0, 0.05) is 24.2 Å². The number of benzene rings is 2. The quantitative estimate of drug-likeness (QED) is 0.330. The van der Waals surface area contributed by atoms with Gasteiger partial charge in [0.05, 0.1) is 40.0 Å². The van der Waals surface area contributed by atoms with Crippen molar-refractivity contribution in [2.45, 2.75) is 6.54 Å². The van der Waals surface area contributed by atoms with Gasteiger partial charge >= 0.3 is 0 Å². The van der Waals surface area contributed by atoms with Gasteiger partial charge in [-0.2, -0.15) is 13.1 Å². The Kier molecular flexibility index (Phi) is 5.86. The number of amidine groups is 1. The Morgan fingerprint density at radius 1 is 1.17 bits per heavy atom. The average Bonchev–Trinajstić information content (AvgIpc) is 2.76. The number of methoxy groups -OCH3 is 2. The normalized spacial score (nSPS) is 15.4. The Hall–Kier alpha value is -2.35. The number of rotatable bonds is 6. The van der Waals surface area contributed by atoms with Crippen LogP contribution in [0.5, 0.6) is 11.5 Å². The first-order valence-corrected chi connectivity index (χ1v) is 13.0. The minimum Gasteiger partial charge on any atom is -0.493 e. The fourth-order valence-electron chi connectivity index (χ4n) is 3.12. The molecule has 0 radical (unpaired) electrons. The molecule has 2 aromatic carbocycles. The molecule has 0 unspecified atom stereocenters. The number of nitrogens with two attached hydrogens (primary N) is 1. The molecular formula is C19H20IN5O4S. The van der Waals surface area contributed by atoms with Gasteiger partial charge in [0.2, 0.25) is 0 Å². The Labute approximate surface area is 184 Å². The second kappa shape index (κ2) is 8.41. The SMILES string of the molecule is COc1cc2c(cc1OC)N1C(=NCI=C1c1ccc(CNS(N)(=O)=O)cc1)C=N2. The minimum absolute atomic E-state index is 0.145. The molecule has 0 aromatic heterocycles. The maximum atomic E-state index is 11.1. The lowest BCUT2D eigenvalue weighted by Gasteiger charge is -2.33. The summed E-state index contributed by atoms with van der Waals surface area (Å²) in [6, 6.07) is 11.5. The minimum atomic E-state index is -3.72. The summed E-state index contributed by atoms with van der Waals surface area (Å²) in [5.41, 5.74) is 3.56. The van der Waals surface area contributed by atoms with Crippen molar-refractivity contribution in [3.63, 3.8) is 0 Å². The molecule has 3 N–H and O–H groups in total. The zero-order chi connectivity index (χ0) is 21.3. The molecule has 0 amide bonds. The molecule has 0 spiro atoms. The molecule has 2 heterocycles. The van der Waals surface area contributed by atoms with Gasteiger partial charge in [0.25, 0.3) is 10.2 Å². The second-order valence-electron chi connectivity index (χ2n) is 6.41. The van der Waals surface area contributed by atoms with E-state index in [0.717, 1.165) is 32.9 Å². The maximum absolute atomic E-state index is 11.1. The third-order valence-electron chi connectivity index (χ3n) is 4.54. The maximum Gasteiger partial charge on any atom is 0.274 e. The van der Waals surface area contributed by atoms with Gasteiger partial charge in [-0.05, 0) is 5.56 Å². The lowest BCUT2D eigenvalue weighted by molar-refractivity contribution is 0.355. The fraction of sp³-hybridized carbons (Fsp3) is 0.211. The van der Waals surface area contributed by atoms with E-state index >= 15 is 0 Å². The third kappa shape index (κ3) is 4.24. The van der Waals surface area contributed by atoms with E-state index in [4.69, 9.17) is 14.6 Å². The molecule has 2 aromatic rings. The van der Waals surface area contributed by atoms with Crippen LogP contribution in [0.2, 0.25) is 0 Å². The topological polar surface area (TPSA) is 119 Å². The molecule has 9 nitrogen and oxygen atoms in total. The molecule has 0 saturated carbocycles.